The van der Waals surface area contributed by atoms with E-state index in [1.165, 1.54) is 17.8 Å². The fourth-order valence-corrected chi connectivity index (χ4v) is 6.22. The summed E-state index contributed by atoms with van der Waals surface area (Å²) in [5.74, 6) is 0.490. The van der Waals surface area contributed by atoms with Gasteiger partial charge >= 0.3 is 0 Å². The number of pyridine rings is 2. The van der Waals surface area contributed by atoms with E-state index < -0.39 is 0 Å². The van der Waals surface area contributed by atoms with Crippen LogP contribution >= 0.6 is 11.3 Å². The van der Waals surface area contributed by atoms with Crippen molar-refractivity contribution in [3.63, 3.8) is 0 Å². The number of nitrogens with zero attached hydrogens (tertiary/aromatic N) is 5. The number of fused-ring (bicyclic) bond motifs is 5. The minimum Gasteiger partial charge on any atom is -0.358 e. The highest BCUT2D eigenvalue weighted by molar-refractivity contribution is 7.24. The van der Waals surface area contributed by atoms with Crippen LogP contribution in [0.2, 0.25) is 0 Å². The van der Waals surface area contributed by atoms with Crippen molar-refractivity contribution in [1.82, 2.24) is 24.5 Å². The van der Waals surface area contributed by atoms with E-state index in [9.17, 15) is 9.59 Å². The summed E-state index contributed by atoms with van der Waals surface area (Å²) >= 11 is 1.47. The van der Waals surface area contributed by atoms with Crippen LogP contribution in [-0.2, 0) is 0 Å². The molecule has 1 aliphatic heterocycles. The maximum absolute atomic E-state index is 13.7. The predicted molar refractivity (Wildman–Crippen MR) is 149 cm³/mol. The van der Waals surface area contributed by atoms with Crippen LogP contribution in [0.3, 0.4) is 0 Å². The van der Waals surface area contributed by atoms with E-state index in [1.807, 2.05) is 61.9 Å². The number of anilines is 1. The summed E-state index contributed by atoms with van der Waals surface area (Å²) in [6.07, 6.45) is 3.24. The van der Waals surface area contributed by atoms with Crippen LogP contribution in [0.15, 0.2) is 41.2 Å². The predicted octanol–water partition coefficient (Wildman–Crippen LogP) is 3.27. The minimum atomic E-state index is -0.307. The number of benzene rings is 1. The Bertz CT molecular complexity index is 1480. The molecule has 0 bridgehead atoms. The van der Waals surface area contributed by atoms with Crippen molar-refractivity contribution in [2.75, 3.05) is 59.3 Å². The number of carbonyl (C=O) groups is 1. The lowest BCUT2D eigenvalue weighted by atomic mass is 10.1. The Morgan fingerprint density at radius 1 is 1.17 bits per heavy atom. The molecule has 1 N–H and O–H groups in total. The van der Waals surface area contributed by atoms with Gasteiger partial charge in [0.15, 0.2) is 5.65 Å². The number of likely N-dealkylation sites (tertiary alicyclic amines) is 1. The van der Waals surface area contributed by atoms with Crippen molar-refractivity contribution in [2.24, 2.45) is 0 Å². The van der Waals surface area contributed by atoms with E-state index in [0.29, 0.717) is 28.5 Å². The fourth-order valence-electron chi connectivity index (χ4n) is 5.04. The summed E-state index contributed by atoms with van der Waals surface area (Å²) in [6.45, 7) is 3.36. The lowest BCUT2D eigenvalue weighted by molar-refractivity contribution is 0.0951. The van der Waals surface area contributed by atoms with Crippen molar-refractivity contribution < 1.29 is 4.79 Å². The molecule has 36 heavy (non-hydrogen) atoms. The highest BCUT2D eigenvalue weighted by atomic mass is 32.1. The van der Waals surface area contributed by atoms with Gasteiger partial charge in [-0.3, -0.25) is 14.0 Å². The van der Waals surface area contributed by atoms with Crippen molar-refractivity contribution in [2.45, 2.75) is 25.3 Å². The van der Waals surface area contributed by atoms with E-state index >= 15 is 0 Å². The molecule has 1 unspecified atom stereocenters. The number of para-hydroxylation sites is 1. The van der Waals surface area contributed by atoms with Gasteiger partial charge in [0.2, 0.25) is 5.43 Å². The number of likely N-dealkylation sites (N-methyl/N-ethyl adjacent to an activating group) is 2. The van der Waals surface area contributed by atoms with Gasteiger partial charge in [-0.2, -0.15) is 0 Å². The van der Waals surface area contributed by atoms with Gasteiger partial charge in [-0.25, -0.2) is 4.98 Å². The van der Waals surface area contributed by atoms with Gasteiger partial charge < -0.3 is 20.0 Å². The highest BCUT2D eigenvalue weighted by Crippen LogP contribution is 2.31. The third kappa shape index (κ3) is 4.58. The lowest BCUT2D eigenvalue weighted by Crippen LogP contribution is -2.34. The molecular formula is C27H34N6O2S. The van der Waals surface area contributed by atoms with Crippen LogP contribution in [0, 0.1) is 0 Å². The van der Waals surface area contributed by atoms with Crippen molar-refractivity contribution in [1.29, 1.82) is 0 Å². The first-order valence-corrected chi connectivity index (χ1v) is 13.4. The SMILES string of the molecule is CN(C)CCN(C)c1ccc2c(=O)c(C(=O)NCCC3CCCN3C)c3sc4ccccc4n3c2n1. The second-order valence-electron chi connectivity index (χ2n) is 10.0. The first kappa shape index (κ1) is 24.7. The van der Waals surface area contributed by atoms with Gasteiger partial charge in [-0.15, -0.1) is 11.3 Å². The molecule has 0 saturated carbocycles. The van der Waals surface area contributed by atoms with Crippen molar-refractivity contribution >= 4 is 49.1 Å². The van der Waals surface area contributed by atoms with Crippen LogP contribution in [0.25, 0.3) is 26.1 Å². The number of amides is 1. The molecule has 0 spiro atoms. The average molecular weight is 507 g/mol. The number of thiazole rings is 1. The monoisotopic (exact) mass is 506 g/mol. The molecule has 9 heteroatoms. The zero-order valence-corrected chi connectivity index (χ0v) is 22.3. The molecule has 1 aromatic carbocycles. The lowest BCUT2D eigenvalue weighted by Gasteiger charge is -2.21. The van der Waals surface area contributed by atoms with Gasteiger partial charge in [0.05, 0.1) is 15.6 Å². The summed E-state index contributed by atoms with van der Waals surface area (Å²) in [7, 11) is 8.23. The van der Waals surface area contributed by atoms with Crippen molar-refractivity contribution in [3.05, 3.63) is 52.2 Å². The number of aromatic nitrogens is 2. The molecule has 0 aliphatic carbocycles. The first-order chi connectivity index (χ1) is 17.3. The summed E-state index contributed by atoms with van der Waals surface area (Å²) in [5.41, 5.74) is 1.48. The number of rotatable bonds is 8. The van der Waals surface area contributed by atoms with E-state index in [0.717, 1.165) is 48.5 Å². The molecule has 1 atom stereocenters. The molecule has 4 aromatic rings. The third-order valence-corrected chi connectivity index (χ3v) is 8.35. The standard InChI is InChI=1S/C27H34N6O2S/c1-30(2)16-17-32(4)22-12-11-19-24(34)23(26(35)28-14-13-18-8-7-15-31(18)3)27-33(25(19)29-22)20-9-5-6-10-21(20)36-27/h5-6,9-12,18H,7-8,13-17H2,1-4H3,(H,28,35). The Hall–Kier alpha value is -3.01. The Labute approximate surface area is 215 Å². The zero-order valence-electron chi connectivity index (χ0n) is 21.5. The quantitative estimate of drug-likeness (QED) is 0.396. The maximum Gasteiger partial charge on any atom is 0.258 e. The van der Waals surface area contributed by atoms with E-state index in [4.69, 9.17) is 4.98 Å². The van der Waals surface area contributed by atoms with E-state index in [2.05, 4.69) is 27.1 Å². The molecule has 1 amide bonds. The minimum absolute atomic E-state index is 0.207. The summed E-state index contributed by atoms with van der Waals surface area (Å²) in [4.78, 5) is 39.2. The largest absolute Gasteiger partial charge is 0.358 e. The highest BCUT2D eigenvalue weighted by Gasteiger charge is 2.24. The van der Waals surface area contributed by atoms with Crippen LogP contribution in [-0.4, -0.2) is 85.5 Å². The van der Waals surface area contributed by atoms with Gasteiger partial charge in [-0.05, 0) is 71.2 Å². The smallest absolute Gasteiger partial charge is 0.258 e. The molecule has 0 radical (unpaired) electrons. The number of hydrogen-bond donors (Lipinski definition) is 1. The Morgan fingerprint density at radius 3 is 2.72 bits per heavy atom. The molecule has 1 fully saturated rings. The Morgan fingerprint density at radius 2 is 1.97 bits per heavy atom. The average Bonchev–Trinajstić information content (AvgIpc) is 3.45. The zero-order chi connectivity index (χ0) is 25.4. The molecule has 4 heterocycles. The number of nitrogens with one attached hydrogen (secondary N) is 1. The van der Waals surface area contributed by atoms with Crippen LogP contribution < -0.4 is 15.6 Å². The van der Waals surface area contributed by atoms with E-state index in [-0.39, 0.29) is 16.9 Å². The molecule has 3 aromatic heterocycles. The van der Waals surface area contributed by atoms with Crippen LogP contribution in [0.4, 0.5) is 5.82 Å². The Kier molecular flexibility index (Phi) is 6.96. The van der Waals surface area contributed by atoms with Gasteiger partial charge in [0.1, 0.15) is 16.2 Å². The summed E-state index contributed by atoms with van der Waals surface area (Å²) in [5, 5.41) is 3.50. The van der Waals surface area contributed by atoms with E-state index in [1.54, 1.807) is 0 Å². The van der Waals surface area contributed by atoms with Gasteiger partial charge in [0.25, 0.3) is 5.91 Å². The Balaban J connectivity index is 1.58. The molecule has 8 nitrogen and oxygen atoms in total. The number of carbonyl (C=O) groups excluding carboxylic acids is 1. The number of hydrogen-bond acceptors (Lipinski definition) is 7. The van der Waals surface area contributed by atoms with Crippen LogP contribution in [0.1, 0.15) is 29.6 Å². The second-order valence-corrected chi connectivity index (χ2v) is 11.0. The topological polar surface area (TPSA) is 73.2 Å². The third-order valence-electron chi connectivity index (χ3n) is 7.21. The maximum atomic E-state index is 13.7. The second kappa shape index (κ2) is 10.2. The molecule has 5 rings (SSSR count). The molecule has 190 valence electrons. The van der Waals surface area contributed by atoms with Crippen molar-refractivity contribution in [3.8, 4) is 0 Å². The van der Waals surface area contributed by atoms with Gasteiger partial charge in [0, 0.05) is 32.7 Å². The first-order valence-electron chi connectivity index (χ1n) is 12.6. The molecular weight excluding hydrogens is 472 g/mol. The summed E-state index contributed by atoms with van der Waals surface area (Å²) < 4.78 is 3.00. The van der Waals surface area contributed by atoms with Crippen LogP contribution in [0.5, 0.6) is 0 Å². The molecule has 1 aliphatic rings. The van der Waals surface area contributed by atoms with Gasteiger partial charge in [-0.1, -0.05) is 12.1 Å². The normalized spacial score (nSPS) is 16.5. The fraction of sp³-hybridized carbons (Fsp3) is 0.444. The summed E-state index contributed by atoms with van der Waals surface area (Å²) in [6, 6.07) is 12.2. The molecule has 1 saturated heterocycles.